The molecule has 126 valence electrons. The van der Waals surface area contributed by atoms with Crippen molar-refractivity contribution >= 4 is 0 Å². The van der Waals surface area contributed by atoms with Gasteiger partial charge in [-0.25, -0.2) is 0 Å². The SMILES string of the molecule is CCn1nc(C)c(CN[C@@H]2COC[C@H]2Cc2cc(C)no2)c1C. The van der Waals surface area contributed by atoms with Gasteiger partial charge in [0.25, 0.3) is 0 Å². The Labute approximate surface area is 137 Å². The van der Waals surface area contributed by atoms with Gasteiger partial charge in [0.05, 0.1) is 24.6 Å². The van der Waals surface area contributed by atoms with Gasteiger partial charge in [0.1, 0.15) is 5.76 Å². The van der Waals surface area contributed by atoms with E-state index in [2.05, 4.69) is 41.0 Å². The van der Waals surface area contributed by atoms with Crippen molar-refractivity contribution in [1.82, 2.24) is 20.3 Å². The number of hydrogen-bond donors (Lipinski definition) is 1. The lowest BCUT2D eigenvalue weighted by atomic mass is 9.98. The van der Waals surface area contributed by atoms with Gasteiger partial charge < -0.3 is 14.6 Å². The third kappa shape index (κ3) is 3.48. The lowest BCUT2D eigenvalue weighted by molar-refractivity contribution is 0.181. The Morgan fingerprint density at radius 3 is 2.78 bits per heavy atom. The Bertz CT molecular complexity index is 662. The fourth-order valence-electron chi connectivity index (χ4n) is 3.33. The average molecular weight is 318 g/mol. The maximum atomic E-state index is 5.68. The maximum Gasteiger partial charge on any atom is 0.137 e. The first-order valence-corrected chi connectivity index (χ1v) is 8.34. The van der Waals surface area contributed by atoms with E-state index in [1.165, 1.54) is 11.3 Å². The highest BCUT2D eigenvalue weighted by Crippen LogP contribution is 2.21. The number of rotatable bonds is 6. The summed E-state index contributed by atoms with van der Waals surface area (Å²) in [6.45, 7) is 11.5. The zero-order valence-electron chi connectivity index (χ0n) is 14.4. The molecule has 6 nitrogen and oxygen atoms in total. The molecule has 6 heteroatoms. The van der Waals surface area contributed by atoms with E-state index in [-0.39, 0.29) is 0 Å². The van der Waals surface area contributed by atoms with Crippen molar-refractivity contribution in [2.24, 2.45) is 5.92 Å². The second-order valence-electron chi connectivity index (χ2n) is 6.39. The molecule has 1 fully saturated rings. The van der Waals surface area contributed by atoms with Crippen LogP contribution in [-0.2, 0) is 24.2 Å². The molecule has 0 unspecified atom stereocenters. The molecule has 0 radical (unpaired) electrons. The van der Waals surface area contributed by atoms with Crippen molar-refractivity contribution < 1.29 is 9.26 Å². The van der Waals surface area contributed by atoms with Crippen molar-refractivity contribution in [3.05, 3.63) is 34.5 Å². The smallest absolute Gasteiger partial charge is 0.137 e. The minimum absolute atomic E-state index is 0.337. The fraction of sp³-hybridized carbons (Fsp3) is 0.647. The molecule has 0 amide bonds. The monoisotopic (exact) mass is 318 g/mol. The number of aryl methyl sites for hydroxylation is 3. The van der Waals surface area contributed by atoms with Crippen LogP contribution in [0.25, 0.3) is 0 Å². The Kier molecular flexibility index (Phi) is 4.82. The van der Waals surface area contributed by atoms with Gasteiger partial charge in [0, 0.05) is 48.8 Å². The molecule has 0 saturated carbocycles. The van der Waals surface area contributed by atoms with Gasteiger partial charge in [-0.3, -0.25) is 4.68 Å². The van der Waals surface area contributed by atoms with Crippen LogP contribution in [0.2, 0.25) is 0 Å². The highest BCUT2D eigenvalue weighted by atomic mass is 16.5. The zero-order valence-corrected chi connectivity index (χ0v) is 14.4. The number of nitrogens with one attached hydrogen (secondary N) is 1. The normalized spacial score (nSPS) is 21.2. The third-order valence-electron chi connectivity index (χ3n) is 4.71. The van der Waals surface area contributed by atoms with Crippen molar-refractivity contribution in [3.8, 4) is 0 Å². The van der Waals surface area contributed by atoms with Crippen LogP contribution >= 0.6 is 0 Å². The van der Waals surface area contributed by atoms with Crippen molar-refractivity contribution in [1.29, 1.82) is 0 Å². The minimum atomic E-state index is 0.337. The van der Waals surface area contributed by atoms with Gasteiger partial charge in [-0.2, -0.15) is 5.10 Å². The van der Waals surface area contributed by atoms with E-state index in [0.717, 1.165) is 49.9 Å². The van der Waals surface area contributed by atoms with Gasteiger partial charge in [0.2, 0.25) is 0 Å². The first-order valence-electron chi connectivity index (χ1n) is 8.34. The van der Waals surface area contributed by atoms with E-state index < -0.39 is 0 Å². The number of aromatic nitrogens is 3. The summed E-state index contributed by atoms with van der Waals surface area (Å²) in [5, 5.41) is 12.2. The fourth-order valence-corrected chi connectivity index (χ4v) is 3.33. The molecule has 0 aliphatic carbocycles. The summed E-state index contributed by atoms with van der Waals surface area (Å²) in [5.41, 5.74) is 4.59. The van der Waals surface area contributed by atoms with Gasteiger partial charge in [-0.15, -0.1) is 0 Å². The van der Waals surface area contributed by atoms with Gasteiger partial charge >= 0.3 is 0 Å². The summed E-state index contributed by atoms with van der Waals surface area (Å²) in [6.07, 6.45) is 0.866. The van der Waals surface area contributed by atoms with Crippen LogP contribution in [0.5, 0.6) is 0 Å². The second-order valence-corrected chi connectivity index (χ2v) is 6.39. The molecule has 2 aromatic heterocycles. The molecule has 3 heterocycles. The molecule has 2 aromatic rings. The third-order valence-corrected chi connectivity index (χ3v) is 4.71. The van der Waals surface area contributed by atoms with Crippen molar-refractivity contribution in [2.45, 2.75) is 53.2 Å². The van der Waals surface area contributed by atoms with Gasteiger partial charge in [0.15, 0.2) is 0 Å². The lowest BCUT2D eigenvalue weighted by Gasteiger charge is -2.18. The Morgan fingerprint density at radius 1 is 1.30 bits per heavy atom. The minimum Gasteiger partial charge on any atom is -0.379 e. The topological polar surface area (TPSA) is 65.1 Å². The largest absolute Gasteiger partial charge is 0.379 e. The number of nitrogens with zero attached hydrogens (tertiary/aromatic N) is 3. The van der Waals surface area contributed by atoms with Crippen LogP contribution in [0, 0.1) is 26.7 Å². The molecule has 2 atom stereocenters. The Morgan fingerprint density at radius 2 is 2.13 bits per heavy atom. The number of hydrogen-bond acceptors (Lipinski definition) is 5. The predicted octanol–water partition coefficient (Wildman–Crippen LogP) is 2.16. The van der Waals surface area contributed by atoms with Crippen molar-refractivity contribution in [2.75, 3.05) is 13.2 Å². The van der Waals surface area contributed by atoms with Gasteiger partial charge in [-0.05, 0) is 27.7 Å². The first kappa shape index (κ1) is 16.2. The molecule has 0 bridgehead atoms. The van der Waals surface area contributed by atoms with E-state index in [9.17, 15) is 0 Å². The Hall–Kier alpha value is -1.66. The van der Waals surface area contributed by atoms with E-state index in [1.807, 2.05) is 13.0 Å². The average Bonchev–Trinajstić information content (AvgIpc) is 3.20. The molecule has 1 saturated heterocycles. The van der Waals surface area contributed by atoms with Crippen LogP contribution in [0.15, 0.2) is 10.6 Å². The number of ether oxygens (including phenoxy) is 1. The molecule has 23 heavy (non-hydrogen) atoms. The zero-order chi connectivity index (χ0) is 16.4. The lowest BCUT2D eigenvalue weighted by Crippen LogP contribution is -2.36. The van der Waals surface area contributed by atoms with Gasteiger partial charge in [-0.1, -0.05) is 5.16 Å². The van der Waals surface area contributed by atoms with E-state index in [0.29, 0.717) is 12.0 Å². The summed E-state index contributed by atoms with van der Waals surface area (Å²) in [6, 6.07) is 2.35. The summed E-state index contributed by atoms with van der Waals surface area (Å²) < 4.78 is 13.1. The van der Waals surface area contributed by atoms with Crippen molar-refractivity contribution in [3.63, 3.8) is 0 Å². The molecule has 0 spiro atoms. The molecule has 1 aliphatic rings. The predicted molar refractivity (Wildman–Crippen MR) is 87.3 cm³/mol. The van der Waals surface area contributed by atoms with E-state index in [1.54, 1.807) is 0 Å². The molecular formula is C17H26N4O2. The Balaban J connectivity index is 1.62. The molecule has 3 rings (SSSR count). The quantitative estimate of drug-likeness (QED) is 0.884. The van der Waals surface area contributed by atoms with Crippen LogP contribution in [-0.4, -0.2) is 34.2 Å². The maximum absolute atomic E-state index is 5.68. The van der Waals surface area contributed by atoms with E-state index >= 15 is 0 Å². The summed E-state index contributed by atoms with van der Waals surface area (Å²) in [5.74, 6) is 1.36. The highest BCUT2D eigenvalue weighted by Gasteiger charge is 2.29. The first-order chi connectivity index (χ1) is 11.1. The second kappa shape index (κ2) is 6.84. The molecule has 1 N–H and O–H groups in total. The molecular weight excluding hydrogens is 292 g/mol. The molecule has 1 aliphatic heterocycles. The standard InChI is InChI=1S/C17H26N4O2/c1-5-21-13(4)16(12(3)19-21)8-18-17-10-22-9-14(17)7-15-6-11(2)20-23-15/h6,14,17-18H,5,7-10H2,1-4H3/t14-,17-/m1/s1. The van der Waals surface area contributed by atoms with Crippen LogP contribution in [0.1, 0.15) is 35.3 Å². The van der Waals surface area contributed by atoms with E-state index in [4.69, 9.17) is 9.26 Å². The molecule has 0 aromatic carbocycles. The summed E-state index contributed by atoms with van der Waals surface area (Å²) in [4.78, 5) is 0. The summed E-state index contributed by atoms with van der Waals surface area (Å²) >= 11 is 0. The summed E-state index contributed by atoms with van der Waals surface area (Å²) in [7, 11) is 0. The van der Waals surface area contributed by atoms with Crippen LogP contribution in [0.3, 0.4) is 0 Å². The van der Waals surface area contributed by atoms with Crippen LogP contribution < -0.4 is 5.32 Å². The highest BCUT2D eigenvalue weighted by molar-refractivity contribution is 5.24. The van der Waals surface area contributed by atoms with Crippen LogP contribution in [0.4, 0.5) is 0 Å².